The molecule has 0 aliphatic heterocycles. The van der Waals surface area contributed by atoms with Crippen LogP contribution in [-0.2, 0) is 11.2 Å². The van der Waals surface area contributed by atoms with Crippen molar-refractivity contribution >= 4 is 11.8 Å². The van der Waals surface area contributed by atoms with Crippen LogP contribution in [0.3, 0.4) is 0 Å². The van der Waals surface area contributed by atoms with Crippen LogP contribution in [0.1, 0.15) is 39.4 Å². The molecule has 1 N–H and O–H groups in total. The number of benzene rings is 2. The Kier molecular flexibility index (Phi) is 3.11. The fourth-order valence-corrected chi connectivity index (χ4v) is 2.77. The van der Waals surface area contributed by atoms with E-state index in [1.807, 2.05) is 24.3 Å². The van der Waals surface area contributed by atoms with Crippen LogP contribution < -0.4 is 0 Å². The number of fused-ring (bicyclic) bond motifs is 1. The number of aliphatic carboxylic acids is 1. The van der Waals surface area contributed by atoms with Gasteiger partial charge in [-0.05, 0) is 30.0 Å². The number of carbonyl (C=O) groups is 2. The zero-order valence-corrected chi connectivity index (χ0v) is 10.9. The van der Waals surface area contributed by atoms with Crippen molar-refractivity contribution in [2.45, 2.75) is 18.8 Å². The first-order chi connectivity index (χ1) is 9.66. The summed E-state index contributed by atoms with van der Waals surface area (Å²) in [7, 11) is 0. The summed E-state index contributed by atoms with van der Waals surface area (Å²) in [6.07, 6.45) is 1.34. The highest BCUT2D eigenvalue weighted by molar-refractivity contribution is 6.09. The first-order valence-corrected chi connectivity index (χ1v) is 6.62. The Balaban J connectivity index is 1.95. The maximum absolute atomic E-state index is 12.3. The normalized spacial score (nSPS) is 16.7. The predicted octanol–water partition coefficient (Wildman–Crippen LogP) is 3.03. The van der Waals surface area contributed by atoms with Gasteiger partial charge in [0.25, 0.3) is 0 Å². The minimum absolute atomic E-state index is 0.0211. The number of rotatable bonds is 3. The molecule has 2 aromatic carbocycles. The lowest BCUT2D eigenvalue weighted by Gasteiger charge is -2.07. The molecule has 20 heavy (non-hydrogen) atoms. The van der Waals surface area contributed by atoms with E-state index in [9.17, 15) is 9.59 Å². The number of aryl methyl sites for hydroxylation is 1. The van der Waals surface area contributed by atoms with E-state index in [-0.39, 0.29) is 5.78 Å². The van der Waals surface area contributed by atoms with Crippen molar-refractivity contribution in [1.29, 1.82) is 0 Å². The zero-order chi connectivity index (χ0) is 14.1. The van der Waals surface area contributed by atoms with Gasteiger partial charge in [0.2, 0.25) is 0 Å². The van der Waals surface area contributed by atoms with E-state index in [0.29, 0.717) is 17.5 Å². The monoisotopic (exact) mass is 266 g/mol. The molecule has 0 bridgehead atoms. The lowest BCUT2D eigenvalue weighted by atomic mass is 9.97. The quantitative estimate of drug-likeness (QED) is 0.869. The molecular formula is C17H14O3. The van der Waals surface area contributed by atoms with Gasteiger partial charge >= 0.3 is 5.97 Å². The molecule has 1 atom stereocenters. The van der Waals surface area contributed by atoms with E-state index in [4.69, 9.17) is 5.11 Å². The highest BCUT2D eigenvalue weighted by Crippen LogP contribution is 2.34. The smallest absolute Gasteiger partial charge is 0.310 e. The molecule has 2 aromatic rings. The van der Waals surface area contributed by atoms with Crippen molar-refractivity contribution in [3.05, 3.63) is 70.8 Å². The van der Waals surface area contributed by atoms with Crippen LogP contribution in [0, 0.1) is 0 Å². The Morgan fingerprint density at radius 1 is 1.00 bits per heavy atom. The lowest BCUT2D eigenvalue weighted by molar-refractivity contribution is -0.138. The molecule has 0 saturated carbocycles. The molecule has 0 heterocycles. The molecule has 0 spiro atoms. The van der Waals surface area contributed by atoms with Crippen LogP contribution in [0.25, 0.3) is 0 Å². The molecule has 1 aliphatic carbocycles. The molecule has 0 aromatic heterocycles. The summed E-state index contributed by atoms with van der Waals surface area (Å²) in [4.78, 5) is 23.5. The predicted molar refractivity (Wildman–Crippen MR) is 75.0 cm³/mol. The number of carbonyl (C=O) groups excluding carboxylic acids is 1. The van der Waals surface area contributed by atoms with Gasteiger partial charge in [0.15, 0.2) is 5.78 Å². The van der Waals surface area contributed by atoms with Gasteiger partial charge in [-0.3, -0.25) is 9.59 Å². The van der Waals surface area contributed by atoms with E-state index < -0.39 is 11.9 Å². The van der Waals surface area contributed by atoms with Gasteiger partial charge in [-0.25, -0.2) is 0 Å². The Morgan fingerprint density at radius 2 is 1.75 bits per heavy atom. The second-order valence-corrected chi connectivity index (χ2v) is 5.04. The van der Waals surface area contributed by atoms with E-state index in [1.54, 1.807) is 24.3 Å². The summed E-state index contributed by atoms with van der Waals surface area (Å²) >= 11 is 0. The number of carboxylic acid groups (broad SMARTS) is 1. The van der Waals surface area contributed by atoms with Gasteiger partial charge in [0.05, 0.1) is 5.92 Å². The van der Waals surface area contributed by atoms with E-state index in [0.717, 1.165) is 17.5 Å². The molecule has 0 saturated heterocycles. The average Bonchev–Trinajstić information content (AvgIpc) is 2.90. The van der Waals surface area contributed by atoms with Crippen molar-refractivity contribution in [1.82, 2.24) is 0 Å². The van der Waals surface area contributed by atoms with Crippen molar-refractivity contribution in [3.8, 4) is 0 Å². The Bertz CT molecular complexity index is 674. The summed E-state index contributed by atoms with van der Waals surface area (Å²) < 4.78 is 0. The van der Waals surface area contributed by atoms with Gasteiger partial charge in [-0.15, -0.1) is 0 Å². The standard InChI is InChI=1S/C17H14O3/c18-16(11-4-2-1-3-5-11)13-7-8-14-12(10-13)6-9-15(14)17(19)20/h1-5,7-8,10,15H,6,9H2,(H,19,20). The second-order valence-electron chi connectivity index (χ2n) is 5.04. The molecular weight excluding hydrogens is 252 g/mol. The third-order valence-corrected chi connectivity index (χ3v) is 3.82. The Morgan fingerprint density at radius 3 is 2.45 bits per heavy atom. The largest absolute Gasteiger partial charge is 0.481 e. The maximum atomic E-state index is 12.3. The Hall–Kier alpha value is -2.42. The zero-order valence-electron chi connectivity index (χ0n) is 10.9. The number of carboxylic acids is 1. The highest BCUT2D eigenvalue weighted by Gasteiger charge is 2.28. The average molecular weight is 266 g/mol. The summed E-state index contributed by atoms with van der Waals surface area (Å²) in [5.74, 6) is -1.23. The summed E-state index contributed by atoms with van der Waals surface area (Å²) in [6.45, 7) is 0. The SMILES string of the molecule is O=C(c1ccccc1)c1ccc2c(c1)CCC2C(=O)O. The van der Waals surface area contributed by atoms with E-state index >= 15 is 0 Å². The van der Waals surface area contributed by atoms with Crippen LogP contribution in [0.2, 0.25) is 0 Å². The summed E-state index contributed by atoms with van der Waals surface area (Å²) in [5.41, 5.74) is 3.11. The van der Waals surface area contributed by atoms with E-state index in [2.05, 4.69) is 0 Å². The highest BCUT2D eigenvalue weighted by atomic mass is 16.4. The van der Waals surface area contributed by atoms with Gasteiger partial charge in [0.1, 0.15) is 0 Å². The first-order valence-electron chi connectivity index (χ1n) is 6.62. The molecule has 100 valence electrons. The van der Waals surface area contributed by atoms with Gasteiger partial charge in [-0.2, -0.15) is 0 Å². The Labute approximate surface area is 116 Å². The third kappa shape index (κ3) is 2.11. The molecule has 3 rings (SSSR count). The number of hydrogen-bond acceptors (Lipinski definition) is 2. The third-order valence-electron chi connectivity index (χ3n) is 3.82. The molecule has 0 amide bonds. The maximum Gasteiger partial charge on any atom is 0.310 e. The molecule has 1 aliphatic rings. The minimum Gasteiger partial charge on any atom is -0.481 e. The summed E-state index contributed by atoms with van der Waals surface area (Å²) in [6, 6.07) is 14.5. The topological polar surface area (TPSA) is 54.4 Å². The van der Waals surface area contributed by atoms with Crippen molar-refractivity contribution in [2.75, 3.05) is 0 Å². The van der Waals surface area contributed by atoms with Crippen molar-refractivity contribution in [2.24, 2.45) is 0 Å². The van der Waals surface area contributed by atoms with Crippen molar-refractivity contribution in [3.63, 3.8) is 0 Å². The molecule has 3 heteroatoms. The van der Waals surface area contributed by atoms with Gasteiger partial charge in [0, 0.05) is 11.1 Å². The molecule has 0 radical (unpaired) electrons. The fourth-order valence-electron chi connectivity index (χ4n) is 2.77. The molecule has 3 nitrogen and oxygen atoms in total. The lowest BCUT2D eigenvalue weighted by Crippen LogP contribution is -2.08. The van der Waals surface area contributed by atoms with Crippen molar-refractivity contribution < 1.29 is 14.7 Å². The van der Waals surface area contributed by atoms with Crippen LogP contribution in [-0.4, -0.2) is 16.9 Å². The first kappa shape index (κ1) is 12.6. The van der Waals surface area contributed by atoms with Crippen LogP contribution in [0.5, 0.6) is 0 Å². The van der Waals surface area contributed by atoms with Crippen LogP contribution in [0.15, 0.2) is 48.5 Å². The van der Waals surface area contributed by atoms with Gasteiger partial charge < -0.3 is 5.11 Å². The second kappa shape index (κ2) is 4.93. The minimum atomic E-state index is -0.786. The van der Waals surface area contributed by atoms with Crippen LogP contribution >= 0.6 is 0 Å². The van der Waals surface area contributed by atoms with Crippen LogP contribution in [0.4, 0.5) is 0 Å². The number of ketones is 1. The fraction of sp³-hybridized carbons (Fsp3) is 0.176. The number of hydrogen-bond donors (Lipinski definition) is 1. The van der Waals surface area contributed by atoms with Gasteiger partial charge in [-0.1, -0.05) is 42.5 Å². The summed E-state index contributed by atoms with van der Waals surface area (Å²) in [5, 5.41) is 9.15. The van der Waals surface area contributed by atoms with E-state index in [1.165, 1.54) is 0 Å². The molecule has 1 unspecified atom stereocenters. The molecule has 0 fully saturated rings.